The molecule has 1 aliphatic heterocycles. The largest absolute Gasteiger partial charge is 0.325 e. The Morgan fingerprint density at radius 1 is 1.14 bits per heavy atom. The van der Waals surface area contributed by atoms with E-state index in [1.54, 1.807) is 6.07 Å². The molecule has 0 radical (unpaired) electrons. The molecule has 0 atom stereocenters. The molecule has 22 heavy (non-hydrogen) atoms. The van der Waals surface area contributed by atoms with Crippen LogP contribution in [-0.2, 0) is 6.42 Å². The maximum atomic E-state index is 13.6. The van der Waals surface area contributed by atoms with Crippen LogP contribution in [0.2, 0.25) is 0 Å². The van der Waals surface area contributed by atoms with Crippen LogP contribution in [0.3, 0.4) is 0 Å². The Morgan fingerprint density at radius 2 is 1.77 bits per heavy atom. The van der Waals surface area contributed by atoms with Gasteiger partial charge in [-0.25, -0.2) is 9.18 Å². The smallest absolute Gasteiger partial charge is 0.320 e. The lowest BCUT2D eigenvalue weighted by Crippen LogP contribution is -2.53. The Morgan fingerprint density at radius 3 is 2.36 bits per heavy atom. The molecule has 1 aliphatic rings. The minimum absolute atomic E-state index is 0.127. The molecule has 0 spiro atoms. The standard InChI is InChI=1S/C17H26FN3O/c1-3-20(4-2)17(22)21-13-11-19(12-14-21)10-9-15-7-5-6-8-16(15)18/h5-8H,3-4,9-14H2,1-2H3. The molecule has 0 aromatic heterocycles. The minimum Gasteiger partial charge on any atom is -0.325 e. The van der Waals surface area contributed by atoms with Crippen molar-refractivity contribution in [2.24, 2.45) is 0 Å². The van der Waals surface area contributed by atoms with Crippen molar-refractivity contribution in [1.82, 2.24) is 14.7 Å². The molecule has 1 aromatic rings. The third-order valence-corrected chi connectivity index (χ3v) is 4.33. The average Bonchev–Trinajstić information content (AvgIpc) is 2.55. The number of carbonyl (C=O) groups is 1. The first-order valence-electron chi connectivity index (χ1n) is 8.15. The highest BCUT2D eigenvalue weighted by Crippen LogP contribution is 2.10. The molecule has 0 aliphatic carbocycles. The molecule has 0 bridgehead atoms. The van der Waals surface area contributed by atoms with Gasteiger partial charge in [0.05, 0.1) is 0 Å². The molecule has 1 aromatic carbocycles. The molecule has 2 rings (SSSR count). The molecule has 0 saturated carbocycles. The number of piperazine rings is 1. The third kappa shape index (κ3) is 4.19. The maximum absolute atomic E-state index is 13.6. The number of carbonyl (C=O) groups excluding carboxylic acids is 1. The van der Waals surface area contributed by atoms with E-state index in [0.717, 1.165) is 57.8 Å². The number of hydrogen-bond acceptors (Lipinski definition) is 2. The first-order chi connectivity index (χ1) is 10.7. The van der Waals surface area contributed by atoms with E-state index in [1.165, 1.54) is 6.07 Å². The summed E-state index contributed by atoms with van der Waals surface area (Å²) in [4.78, 5) is 18.4. The van der Waals surface area contributed by atoms with Gasteiger partial charge in [-0.05, 0) is 31.9 Å². The van der Waals surface area contributed by atoms with Crippen molar-refractivity contribution in [3.8, 4) is 0 Å². The zero-order valence-electron chi connectivity index (χ0n) is 13.6. The molecule has 1 saturated heterocycles. The number of halogens is 1. The van der Waals surface area contributed by atoms with Crippen LogP contribution in [0.25, 0.3) is 0 Å². The maximum Gasteiger partial charge on any atom is 0.320 e. The average molecular weight is 307 g/mol. The summed E-state index contributed by atoms with van der Waals surface area (Å²) in [7, 11) is 0. The fraction of sp³-hybridized carbons (Fsp3) is 0.588. The highest BCUT2D eigenvalue weighted by atomic mass is 19.1. The molecule has 4 nitrogen and oxygen atoms in total. The van der Waals surface area contributed by atoms with Crippen molar-refractivity contribution in [3.63, 3.8) is 0 Å². The Hall–Kier alpha value is -1.62. The molecule has 0 unspecified atom stereocenters. The van der Waals surface area contributed by atoms with Crippen LogP contribution in [0.1, 0.15) is 19.4 Å². The summed E-state index contributed by atoms with van der Waals surface area (Å²) in [6, 6.07) is 7.08. The first-order valence-corrected chi connectivity index (χ1v) is 8.15. The zero-order chi connectivity index (χ0) is 15.9. The SMILES string of the molecule is CCN(CC)C(=O)N1CCN(CCc2ccccc2F)CC1. The van der Waals surface area contributed by atoms with Crippen LogP contribution < -0.4 is 0 Å². The Labute approximate surface area is 132 Å². The Bertz CT molecular complexity index is 483. The van der Waals surface area contributed by atoms with E-state index in [2.05, 4.69) is 4.90 Å². The van der Waals surface area contributed by atoms with E-state index >= 15 is 0 Å². The van der Waals surface area contributed by atoms with Crippen LogP contribution in [0, 0.1) is 5.82 Å². The van der Waals surface area contributed by atoms with Gasteiger partial charge in [0.15, 0.2) is 0 Å². The van der Waals surface area contributed by atoms with E-state index in [1.807, 2.05) is 35.8 Å². The summed E-state index contributed by atoms with van der Waals surface area (Å²) in [6.07, 6.45) is 0.719. The van der Waals surface area contributed by atoms with Gasteiger partial charge in [-0.1, -0.05) is 18.2 Å². The van der Waals surface area contributed by atoms with Crippen molar-refractivity contribution in [3.05, 3.63) is 35.6 Å². The zero-order valence-corrected chi connectivity index (χ0v) is 13.6. The van der Waals surface area contributed by atoms with Crippen molar-refractivity contribution in [1.29, 1.82) is 0 Å². The van der Waals surface area contributed by atoms with Crippen molar-refractivity contribution >= 4 is 6.03 Å². The summed E-state index contributed by atoms with van der Waals surface area (Å²) in [5, 5.41) is 0. The monoisotopic (exact) mass is 307 g/mol. The Kier molecular flexibility index (Phi) is 6.19. The van der Waals surface area contributed by atoms with Gasteiger partial charge < -0.3 is 9.80 Å². The van der Waals surface area contributed by atoms with E-state index < -0.39 is 0 Å². The topological polar surface area (TPSA) is 26.8 Å². The van der Waals surface area contributed by atoms with Gasteiger partial charge >= 0.3 is 6.03 Å². The van der Waals surface area contributed by atoms with E-state index in [9.17, 15) is 9.18 Å². The number of urea groups is 1. The number of amides is 2. The van der Waals surface area contributed by atoms with Crippen molar-refractivity contribution < 1.29 is 9.18 Å². The number of nitrogens with zero attached hydrogens (tertiary/aromatic N) is 3. The molecule has 2 amide bonds. The summed E-state index contributed by atoms with van der Waals surface area (Å²) in [5.74, 6) is -0.127. The lowest BCUT2D eigenvalue weighted by molar-refractivity contribution is 0.115. The predicted octanol–water partition coefficient (Wildman–Crippen LogP) is 2.45. The highest BCUT2D eigenvalue weighted by Gasteiger charge is 2.23. The summed E-state index contributed by atoms with van der Waals surface area (Å²) in [5.41, 5.74) is 0.768. The molecule has 122 valence electrons. The van der Waals surface area contributed by atoms with Gasteiger partial charge in [-0.2, -0.15) is 0 Å². The molecular formula is C17H26FN3O. The fourth-order valence-corrected chi connectivity index (χ4v) is 2.84. The van der Waals surface area contributed by atoms with Crippen molar-refractivity contribution in [2.75, 3.05) is 45.8 Å². The first kappa shape index (κ1) is 16.7. The van der Waals surface area contributed by atoms with E-state index in [-0.39, 0.29) is 11.8 Å². The van der Waals surface area contributed by atoms with Crippen LogP contribution in [0.5, 0.6) is 0 Å². The van der Waals surface area contributed by atoms with Gasteiger partial charge in [0, 0.05) is 45.8 Å². The molecular weight excluding hydrogens is 281 g/mol. The second-order valence-corrected chi connectivity index (χ2v) is 5.62. The number of rotatable bonds is 5. The molecule has 1 fully saturated rings. The molecule has 5 heteroatoms. The second kappa shape index (κ2) is 8.13. The highest BCUT2D eigenvalue weighted by molar-refractivity contribution is 5.74. The lowest BCUT2D eigenvalue weighted by atomic mass is 10.1. The summed E-state index contributed by atoms with van der Waals surface area (Å²) < 4.78 is 13.6. The van der Waals surface area contributed by atoms with Crippen LogP contribution >= 0.6 is 0 Å². The Balaban J connectivity index is 1.78. The van der Waals surface area contributed by atoms with Gasteiger partial charge in [0.1, 0.15) is 5.82 Å². The predicted molar refractivity (Wildman–Crippen MR) is 86.4 cm³/mol. The van der Waals surface area contributed by atoms with Crippen LogP contribution in [-0.4, -0.2) is 66.5 Å². The van der Waals surface area contributed by atoms with Crippen LogP contribution in [0.15, 0.2) is 24.3 Å². The van der Waals surface area contributed by atoms with E-state index in [0.29, 0.717) is 0 Å². The van der Waals surface area contributed by atoms with Gasteiger partial charge in [-0.15, -0.1) is 0 Å². The third-order valence-electron chi connectivity index (χ3n) is 4.33. The van der Waals surface area contributed by atoms with Gasteiger partial charge in [0.25, 0.3) is 0 Å². The van der Waals surface area contributed by atoms with Crippen molar-refractivity contribution in [2.45, 2.75) is 20.3 Å². The second-order valence-electron chi connectivity index (χ2n) is 5.62. The summed E-state index contributed by atoms with van der Waals surface area (Å²) >= 11 is 0. The normalized spacial score (nSPS) is 15.9. The number of benzene rings is 1. The van der Waals surface area contributed by atoms with Gasteiger partial charge in [0.2, 0.25) is 0 Å². The van der Waals surface area contributed by atoms with Crippen LogP contribution in [0.4, 0.5) is 9.18 Å². The van der Waals surface area contributed by atoms with Gasteiger partial charge in [-0.3, -0.25) is 4.90 Å². The fourth-order valence-electron chi connectivity index (χ4n) is 2.84. The number of hydrogen-bond donors (Lipinski definition) is 0. The molecule has 0 N–H and O–H groups in total. The minimum atomic E-state index is -0.127. The quantitative estimate of drug-likeness (QED) is 0.835. The molecule has 1 heterocycles. The van der Waals surface area contributed by atoms with E-state index in [4.69, 9.17) is 0 Å². The summed E-state index contributed by atoms with van der Waals surface area (Å²) in [6.45, 7) is 9.60. The lowest BCUT2D eigenvalue weighted by Gasteiger charge is -2.37.